The van der Waals surface area contributed by atoms with Crippen LogP contribution in [0.15, 0.2) is 46.0 Å². The molecule has 3 aromatic rings. The third-order valence-corrected chi connectivity index (χ3v) is 7.07. The van der Waals surface area contributed by atoms with Gasteiger partial charge in [0.15, 0.2) is 5.38 Å². The van der Waals surface area contributed by atoms with Gasteiger partial charge < -0.3 is 5.73 Å². The second-order valence-electron chi connectivity index (χ2n) is 4.77. The van der Waals surface area contributed by atoms with Crippen molar-refractivity contribution in [1.82, 2.24) is 4.98 Å². The van der Waals surface area contributed by atoms with E-state index in [0.717, 1.165) is 26.7 Å². The first kappa shape index (κ1) is 15.3. The summed E-state index contributed by atoms with van der Waals surface area (Å²) in [6, 6.07) is 12.2. The Morgan fingerprint density at radius 2 is 2.05 bits per heavy atom. The lowest BCUT2D eigenvalue weighted by Crippen LogP contribution is -2.08. The molecule has 0 aliphatic rings. The van der Waals surface area contributed by atoms with Gasteiger partial charge in [-0.15, -0.1) is 23.1 Å². The van der Waals surface area contributed by atoms with Crippen LogP contribution in [-0.4, -0.2) is 17.1 Å². The quantitative estimate of drug-likeness (QED) is 0.309. The van der Waals surface area contributed by atoms with Crippen LogP contribution < -0.4 is 5.73 Å². The van der Waals surface area contributed by atoms with Crippen molar-refractivity contribution in [2.75, 3.05) is 6.26 Å². The van der Waals surface area contributed by atoms with Crippen molar-refractivity contribution in [3.05, 3.63) is 46.7 Å². The third kappa shape index (κ3) is 2.82. The smallest absolute Gasteiger partial charge is 0.276 e. The van der Waals surface area contributed by atoms with Gasteiger partial charge in [-0.2, -0.15) is 4.98 Å². The number of nitrogens with one attached hydrogen (secondary N) is 1. The number of thiophene rings is 1. The van der Waals surface area contributed by atoms with Crippen LogP contribution in [0.1, 0.15) is 4.88 Å². The number of amidine groups is 1. The zero-order chi connectivity index (χ0) is 15.7. The highest BCUT2D eigenvalue weighted by molar-refractivity contribution is 8.00. The fraction of sp³-hybridized carbons (Fsp3) is 0.125. The van der Waals surface area contributed by atoms with E-state index in [1.807, 2.05) is 30.5 Å². The van der Waals surface area contributed by atoms with Gasteiger partial charge in [-0.1, -0.05) is 30.3 Å². The first-order chi connectivity index (χ1) is 10.6. The summed E-state index contributed by atoms with van der Waals surface area (Å²) >= 11 is 3.25. The van der Waals surface area contributed by atoms with Gasteiger partial charge >= 0.3 is 0 Å². The maximum atomic E-state index is 7.64. The van der Waals surface area contributed by atoms with Gasteiger partial charge in [0.05, 0.1) is 14.6 Å². The number of hydrogen-bond donors (Lipinski definition) is 2. The molecule has 0 saturated carbocycles. The molecule has 1 aromatic carbocycles. The zero-order valence-electron chi connectivity index (χ0n) is 12.3. The van der Waals surface area contributed by atoms with Crippen LogP contribution in [0.25, 0.3) is 21.8 Å². The lowest BCUT2D eigenvalue weighted by atomic mass is 10.2. The molecule has 0 fully saturated rings. The van der Waals surface area contributed by atoms with E-state index in [1.165, 1.54) is 4.21 Å². The molecule has 0 spiro atoms. The second-order valence-corrected chi connectivity index (χ2v) is 8.64. The van der Waals surface area contributed by atoms with E-state index in [1.54, 1.807) is 23.1 Å². The minimum Gasteiger partial charge on any atom is -0.383 e. The number of benzene rings is 1. The molecule has 2 heterocycles. The predicted molar refractivity (Wildman–Crippen MR) is 99.2 cm³/mol. The van der Waals surface area contributed by atoms with E-state index in [4.69, 9.17) is 16.1 Å². The topological polar surface area (TPSA) is 62.8 Å². The zero-order valence-corrected chi connectivity index (χ0v) is 14.7. The molecule has 1 unspecified atom stereocenters. The maximum absolute atomic E-state index is 7.64. The summed E-state index contributed by atoms with van der Waals surface area (Å²) < 4.78 is 1.17. The van der Waals surface area contributed by atoms with Gasteiger partial charge in [0.2, 0.25) is 0 Å². The van der Waals surface area contributed by atoms with Crippen LogP contribution in [0.3, 0.4) is 0 Å². The first-order valence-electron chi connectivity index (χ1n) is 6.63. The molecule has 22 heavy (non-hydrogen) atoms. The Kier molecular flexibility index (Phi) is 4.33. The van der Waals surface area contributed by atoms with Gasteiger partial charge in [-0.05, 0) is 12.3 Å². The summed E-state index contributed by atoms with van der Waals surface area (Å²) in [5, 5.41) is 11.0. The van der Waals surface area contributed by atoms with Crippen LogP contribution in [0.5, 0.6) is 0 Å². The number of nitrogens with two attached hydrogens (primary N) is 1. The minimum atomic E-state index is -0.0339. The third-order valence-electron chi connectivity index (χ3n) is 3.26. The van der Waals surface area contributed by atoms with Crippen molar-refractivity contribution in [2.45, 2.75) is 4.21 Å². The van der Waals surface area contributed by atoms with Crippen molar-refractivity contribution < 1.29 is 0 Å². The van der Waals surface area contributed by atoms with E-state index in [2.05, 4.69) is 23.8 Å². The molecule has 0 bridgehead atoms. The van der Waals surface area contributed by atoms with Crippen LogP contribution in [0, 0.1) is 5.41 Å². The molecule has 0 aliphatic heterocycles. The van der Waals surface area contributed by atoms with Crippen molar-refractivity contribution in [2.24, 2.45) is 12.0 Å². The van der Waals surface area contributed by atoms with Crippen LogP contribution in [0.2, 0.25) is 0 Å². The number of aryl methyl sites for hydroxylation is 1. The highest BCUT2D eigenvalue weighted by atomic mass is 32.2. The highest BCUT2D eigenvalue weighted by Crippen LogP contribution is 2.43. The number of nitrogen functional groups attached to an aromatic ring is 1. The van der Waals surface area contributed by atoms with E-state index in [-0.39, 0.29) is 16.3 Å². The summed E-state index contributed by atoms with van der Waals surface area (Å²) in [7, 11) is -0.0339. The normalized spacial score (nSPS) is 11.6. The molecule has 3 rings (SSSR count). The Morgan fingerprint density at radius 3 is 2.68 bits per heavy atom. The van der Waals surface area contributed by atoms with Crippen LogP contribution >= 0.6 is 33.6 Å². The lowest BCUT2D eigenvalue weighted by Gasteiger charge is -1.93. The Hall–Kier alpha value is -1.63. The molecular weight excluding hydrogens is 330 g/mol. The molecule has 3 nitrogen and oxygen atoms in total. The average molecular weight is 347 g/mol. The Labute approximate surface area is 140 Å². The van der Waals surface area contributed by atoms with Gasteiger partial charge in [-0.3, -0.25) is 5.41 Å². The average Bonchev–Trinajstić information content (AvgIpc) is 3.11. The van der Waals surface area contributed by atoms with E-state index < -0.39 is 0 Å². The first-order valence-corrected chi connectivity index (χ1v) is 10.4. The molecule has 0 amide bonds. The Bertz CT molecular complexity index is 819. The molecule has 6 heteroatoms. The molecular formula is C16H16N3S3+. The molecule has 0 radical (unpaired) electrons. The van der Waals surface area contributed by atoms with E-state index in [9.17, 15) is 0 Å². The summed E-state index contributed by atoms with van der Waals surface area (Å²) in [5.41, 5.74) is 8.93. The number of thioether (sulfide) groups is 1. The maximum Gasteiger partial charge on any atom is 0.276 e. The molecule has 3 N–H and O–H groups in total. The fourth-order valence-corrected chi connectivity index (χ4v) is 5.46. The van der Waals surface area contributed by atoms with Crippen LogP contribution in [0.4, 0.5) is 0 Å². The number of rotatable bonds is 4. The number of nitrogens with zero attached hydrogens (tertiary/aromatic N) is 1. The highest BCUT2D eigenvalue weighted by Gasteiger charge is 2.23. The minimum absolute atomic E-state index is 0.0339. The predicted octanol–water partition coefficient (Wildman–Crippen LogP) is 4.77. The van der Waals surface area contributed by atoms with Gasteiger partial charge in [0.25, 0.3) is 5.01 Å². The standard InChI is InChI=1S/C16H16N3S3/c1-20-16-11(8-13(21-16)14(17)18)15-19-12(9-22(15)2)10-6-4-3-5-7-10/h3-9H,1-2H3,(H3,17,18)/q+1. The lowest BCUT2D eigenvalue weighted by molar-refractivity contribution is 1.39. The van der Waals surface area contributed by atoms with E-state index in [0.29, 0.717) is 0 Å². The van der Waals surface area contributed by atoms with Gasteiger partial charge in [-0.25, -0.2) is 0 Å². The molecule has 2 aromatic heterocycles. The van der Waals surface area contributed by atoms with Crippen molar-refractivity contribution in [3.8, 4) is 21.8 Å². The van der Waals surface area contributed by atoms with Crippen molar-refractivity contribution in [3.63, 3.8) is 0 Å². The molecule has 112 valence electrons. The summed E-state index contributed by atoms with van der Waals surface area (Å²) in [4.78, 5) is 5.68. The molecule has 0 saturated heterocycles. The Balaban J connectivity index is 2.10. The van der Waals surface area contributed by atoms with Gasteiger partial charge in [0.1, 0.15) is 17.8 Å². The van der Waals surface area contributed by atoms with Crippen LogP contribution in [-0.2, 0) is 6.26 Å². The summed E-state index contributed by atoms with van der Waals surface area (Å²) in [5.74, 6) is 0.123. The second kappa shape index (κ2) is 6.24. The SMILES string of the molecule is CSc1sc(C(=N)N)cc1-c1nc(-c2ccccc2)c[s+]1C. The number of hydrogen-bond acceptors (Lipinski definition) is 4. The monoisotopic (exact) mass is 346 g/mol. The molecule has 0 aliphatic carbocycles. The fourth-order valence-electron chi connectivity index (χ4n) is 2.21. The number of thiazole rings is 1. The largest absolute Gasteiger partial charge is 0.383 e. The molecule has 1 atom stereocenters. The van der Waals surface area contributed by atoms with Crippen molar-refractivity contribution >= 4 is 39.4 Å². The summed E-state index contributed by atoms with van der Waals surface area (Å²) in [6.07, 6.45) is 4.23. The number of aromatic nitrogens is 1. The van der Waals surface area contributed by atoms with Crippen molar-refractivity contribution in [1.29, 1.82) is 5.41 Å². The van der Waals surface area contributed by atoms with Gasteiger partial charge in [0, 0.05) is 16.0 Å². The van der Waals surface area contributed by atoms with E-state index >= 15 is 0 Å². The Morgan fingerprint density at radius 1 is 1.32 bits per heavy atom. The summed E-state index contributed by atoms with van der Waals surface area (Å²) in [6.45, 7) is 0.